The fourth-order valence-corrected chi connectivity index (χ4v) is 2.22. The van der Waals surface area contributed by atoms with Gasteiger partial charge in [-0.25, -0.2) is 0 Å². The zero-order valence-corrected chi connectivity index (χ0v) is 13.1. The third-order valence-corrected chi connectivity index (χ3v) is 3.42. The number of carbonyl (C=O) groups excluding carboxylic acids is 1. The molecule has 0 spiro atoms. The average molecular weight is 298 g/mol. The molecule has 4 nitrogen and oxygen atoms in total. The number of para-hydroxylation sites is 1. The lowest BCUT2D eigenvalue weighted by Crippen LogP contribution is -2.17. The standard InChI is InChI=1S/C18H22N2O2/c1-3-14-7-4-5-10-17(14)20-18(21)11-12-19-15-8-6-9-16(13-15)22-2/h4-10,13,19H,3,11-12H2,1-2H3,(H,20,21). The zero-order valence-electron chi connectivity index (χ0n) is 13.1. The number of ether oxygens (including phenoxy) is 1. The van der Waals surface area contributed by atoms with Crippen molar-refractivity contribution < 1.29 is 9.53 Å². The predicted molar refractivity (Wildman–Crippen MR) is 90.6 cm³/mol. The molecule has 0 heterocycles. The van der Waals surface area contributed by atoms with E-state index in [9.17, 15) is 4.79 Å². The molecule has 22 heavy (non-hydrogen) atoms. The topological polar surface area (TPSA) is 50.4 Å². The van der Waals surface area contributed by atoms with Gasteiger partial charge in [-0.15, -0.1) is 0 Å². The third-order valence-electron chi connectivity index (χ3n) is 3.42. The molecule has 116 valence electrons. The van der Waals surface area contributed by atoms with Crippen LogP contribution >= 0.6 is 0 Å². The minimum atomic E-state index is 0.0105. The van der Waals surface area contributed by atoms with Gasteiger partial charge in [-0.3, -0.25) is 4.79 Å². The summed E-state index contributed by atoms with van der Waals surface area (Å²) in [5, 5.41) is 6.19. The Kier molecular flexibility index (Phi) is 5.83. The van der Waals surface area contributed by atoms with Crippen LogP contribution in [0.1, 0.15) is 18.9 Å². The second kappa shape index (κ2) is 8.08. The highest BCUT2D eigenvalue weighted by molar-refractivity contribution is 5.91. The molecule has 0 unspecified atom stereocenters. The molecule has 2 aromatic rings. The molecule has 0 atom stereocenters. The molecule has 0 radical (unpaired) electrons. The smallest absolute Gasteiger partial charge is 0.226 e. The molecule has 0 saturated carbocycles. The zero-order chi connectivity index (χ0) is 15.8. The minimum absolute atomic E-state index is 0.0105. The summed E-state index contributed by atoms with van der Waals surface area (Å²) in [6.45, 7) is 2.66. The fourth-order valence-electron chi connectivity index (χ4n) is 2.22. The van der Waals surface area contributed by atoms with Crippen LogP contribution in [0.15, 0.2) is 48.5 Å². The number of hydrogen-bond acceptors (Lipinski definition) is 3. The van der Waals surface area contributed by atoms with Crippen molar-refractivity contribution in [1.82, 2.24) is 0 Å². The van der Waals surface area contributed by atoms with Crippen molar-refractivity contribution in [1.29, 1.82) is 0 Å². The molecule has 0 aliphatic heterocycles. The first-order chi connectivity index (χ1) is 10.7. The summed E-state index contributed by atoms with van der Waals surface area (Å²) in [5.41, 5.74) is 2.99. The first kappa shape index (κ1) is 15.9. The molecule has 0 aliphatic carbocycles. The maximum Gasteiger partial charge on any atom is 0.226 e. The molecule has 1 amide bonds. The van der Waals surface area contributed by atoms with Crippen molar-refractivity contribution in [2.24, 2.45) is 0 Å². The summed E-state index contributed by atoms with van der Waals surface area (Å²) >= 11 is 0. The molecule has 0 fully saturated rings. The van der Waals surface area contributed by atoms with Crippen LogP contribution in [0.4, 0.5) is 11.4 Å². The summed E-state index contributed by atoms with van der Waals surface area (Å²) in [7, 11) is 1.64. The number of amides is 1. The van der Waals surface area contributed by atoms with E-state index >= 15 is 0 Å². The van der Waals surface area contributed by atoms with Crippen LogP contribution in [-0.2, 0) is 11.2 Å². The van der Waals surface area contributed by atoms with E-state index in [4.69, 9.17) is 4.74 Å². The number of aryl methyl sites for hydroxylation is 1. The largest absolute Gasteiger partial charge is 0.497 e. The van der Waals surface area contributed by atoms with Crippen molar-refractivity contribution >= 4 is 17.3 Å². The van der Waals surface area contributed by atoms with E-state index in [0.29, 0.717) is 13.0 Å². The maximum atomic E-state index is 12.0. The Hall–Kier alpha value is -2.49. The third kappa shape index (κ3) is 4.52. The molecule has 2 N–H and O–H groups in total. The number of benzene rings is 2. The first-order valence-electron chi connectivity index (χ1n) is 7.48. The van der Waals surface area contributed by atoms with E-state index in [0.717, 1.165) is 29.1 Å². The quantitative estimate of drug-likeness (QED) is 0.819. The SMILES string of the molecule is CCc1ccccc1NC(=O)CCNc1cccc(OC)c1. The number of anilines is 2. The van der Waals surface area contributed by atoms with E-state index in [1.54, 1.807) is 7.11 Å². The summed E-state index contributed by atoms with van der Waals surface area (Å²) in [6, 6.07) is 15.5. The van der Waals surface area contributed by atoms with E-state index < -0.39 is 0 Å². The van der Waals surface area contributed by atoms with Gasteiger partial charge < -0.3 is 15.4 Å². The Morgan fingerprint density at radius 2 is 1.95 bits per heavy atom. The van der Waals surface area contributed by atoms with E-state index in [1.807, 2.05) is 48.5 Å². The van der Waals surface area contributed by atoms with Gasteiger partial charge in [0.25, 0.3) is 0 Å². The lowest BCUT2D eigenvalue weighted by molar-refractivity contribution is -0.115. The molecular weight excluding hydrogens is 276 g/mol. The Morgan fingerprint density at radius 3 is 2.73 bits per heavy atom. The second-order valence-corrected chi connectivity index (χ2v) is 4.97. The molecule has 0 bridgehead atoms. The van der Waals surface area contributed by atoms with Crippen LogP contribution in [0.2, 0.25) is 0 Å². The van der Waals surface area contributed by atoms with Gasteiger partial charge in [-0.1, -0.05) is 31.2 Å². The van der Waals surface area contributed by atoms with Gasteiger partial charge in [0.2, 0.25) is 5.91 Å². The van der Waals surface area contributed by atoms with Crippen molar-refractivity contribution in [2.45, 2.75) is 19.8 Å². The van der Waals surface area contributed by atoms with Gasteiger partial charge in [-0.05, 0) is 30.2 Å². The van der Waals surface area contributed by atoms with Gasteiger partial charge in [0.1, 0.15) is 5.75 Å². The average Bonchev–Trinajstić information content (AvgIpc) is 2.55. The monoisotopic (exact) mass is 298 g/mol. The van der Waals surface area contributed by atoms with Gasteiger partial charge in [0.15, 0.2) is 0 Å². The number of nitrogens with one attached hydrogen (secondary N) is 2. The van der Waals surface area contributed by atoms with Crippen LogP contribution in [-0.4, -0.2) is 19.6 Å². The summed E-state index contributed by atoms with van der Waals surface area (Å²) in [5.74, 6) is 0.808. The number of hydrogen-bond donors (Lipinski definition) is 2. The Balaban J connectivity index is 1.82. The normalized spacial score (nSPS) is 10.1. The molecule has 0 aromatic heterocycles. The van der Waals surface area contributed by atoms with Crippen molar-refractivity contribution in [2.75, 3.05) is 24.3 Å². The van der Waals surface area contributed by atoms with Crippen LogP contribution in [0, 0.1) is 0 Å². The minimum Gasteiger partial charge on any atom is -0.497 e. The highest BCUT2D eigenvalue weighted by atomic mass is 16.5. The Bertz CT molecular complexity index is 626. The lowest BCUT2D eigenvalue weighted by atomic mass is 10.1. The molecule has 0 aliphatic rings. The molecule has 4 heteroatoms. The summed E-state index contributed by atoms with van der Waals surface area (Å²) in [6.07, 6.45) is 1.31. The number of methoxy groups -OCH3 is 1. The number of rotatable bonds is 7. The van der Waals surface area contributed by atoms with Gasteiger partial charge in [0, 0.05) is 30.4 Å². The number of carbonyl (C=O) groups is 1. The van der Waals surface area contributed by atoms with Gasteiger partial charge >= 0.3 is 0 Å². The van der Waals surface area contributed by atoms with Crippen LogP contribution in [0.25, 0.3) is 0 Å². The highest BCUT2D eigenvalue weighted by Crippen LogP contribution is 2.17. The Labute approximate surface area is 131 Å². The predicted octanol–water partition coefficient (Wildman–Crippen LogP) is 3.70. The van der Waals surface area contributed by atoms with Crippen LogP contribution in [0.3, 0.4) is 0 Å². The Morgan fingerprint density at radius 1 is 1.14 bits per heavy atom. The first-order valence-corrected chi connectivity index (χ1v) is 7.48. The second-order valence-electron chi connectivity index (χ2n) is 4.97. The van der Waals surface area contributed by atoms with E-state index in [-0.39, 0.29) is 5.91 Å². The summed E-state index contributed by atoms with van der Waals surface area (Å²) in [4.78, 5) is 12.0. The van der Waals surface area contributed by atoms with Crippen molar-refractivity contribution in [3.05, 3.63) is 54.1 Å². The molecule has 0 saturated heterocycles. The van der Waals surface area contributed by atoms with Gasteiger partial charge in [-0.2, -0.15) is 0 Å². The van der Waals surface area contributed by atoms with Crippen LogP contribution in [0.5, 0.6) is 5.75 Å². The van der Waals surface area contributed by atoms with Crippen molar-refractivity contribution in [3.63, 3.8) is 0 Å². The van der Waals surface area contributed by atoms with E-state index in [1.165, 1.54) is 0 Å². The summed E-state index contributed by atoms with van der Waals surface area (Å²) < 4.78 is 5.17. The molecular formula is C18H22N2O2. The molecule has 2 rings (SSSR count). The fraction of sp³-hybridized carbons (Fsp3) is 0.278. The van der Waals surface area contributed by atoms with Gasteiger partial charge in [0.05, 0.1) is 7.11 Å². The maximum absolute atomic E-state index is 12.0. The molecule has 2 aromatic carbocycles. The van der Waals surface area contributed by atoms with Crippen molar-refractivity contribution in [3.8, 4) is 5.75 Å². The lowest BCUT2D eigenvalue weighted by Gasteiger charge is -2.11. The highest BCUT2D eigenvalue weighted by Gasteiger charge is 2.05. The van der Waals surface area contributed by atoms with Crippen LogP contribution < -0.4 is 15.4 Å². The van der Waals surface area contributed by atoms with E-state index in [2.05, 4.69) is 17.6 Å².